The Morgan fingerprint density at radius 2 is 1.64 bits per heavy atom. The number of nitrogens with one attached hydrogen (secondary N) is 1. The van der Waals surface area contributed by atoms with Crippen LogP contribution in [0.5, 0.6) is 0 Å². The lowest BCUT2D eigenvalue weighted by Gasteiger charge is -2.40. The molecular weight excluding hydrogens is 272 g/mol. The number of carbonyl (C=O) groups excluding carboxylic acids is 1. The third-order valence-electron chi connectivity index (χ3n) is 5.29. The third kappa shape index (κ3) is 3.52. The molecule has 0 atom stereocenters. The summed E-state index contributed by atoms with van der Waals surface area (Å²) in [5.41, 5.74) is 1.12. The number of hydrogen-bond donors (Lipinski definition) is 1. The normalized spacial score (nSPS) is 22.1. The number of rotatable bonds is 3. The molecule has 2 aliphatic heterocycles. The van der Waals surface area contributed by atoms with Gasteiger partial charge in [-0.3, -0.25) is 4.79 Å². The maximum absolute atomic E-state index is 13.3. The molecule has 1 amide bonds. The number of amides is 1. The van der Waals surface area contributed by atoms with Crippen molar-refractivity contribution >= 4 is 5.91 Å². The predicted octanol–water partition coefficient (Wildman–Crippen LogP) is 3.00. The summed E-state index contributed by atoms with van der Waals surface area (Å²) < 4.78 is 0. The van der Waals surface area contributed by atoms with Crippen LogP contribution in [0, 0.1) is 5.41 Å². The van der Waals surface area contributed by atoms with Gasteiger partial charge in [0.25, 0.3) is 0 Å². The summed E-state index contributed by atoms with van der Waals surface area (Å²) >= 11 is 0. The van der Waals surface area contributed by atoms with Crippen LogP contribution < -0.4 is 5.32 Å². The topological polar surface area (TPSA) is 32.3 Å². The van der Waals surface area contributed by atoms with Gasteiger partial charge < -0.3 is 10.2 Å². The Bertz CT molecular complexity index is 471. The van der Waals surface area contributed by atoms with Gasteiger partial charge in [0.15, 0.2) is 0 Å². The molecule has 2 heterocycles. The van der Waals surface area contributed by atoms with E-state index in [1.807, 2.05) is 0 Å². The molecule has 0 spiro atoms. The van der Waals surface area contributed by atoms with Gasteiger partial charge in [-0.25, -0.2) is 0 Å². The molecule has 22 heavy (non-hydrogen) atoms. The average molecular weight is 300 g/mol. The number of carbonyl (C=O) groups is 1. The molecule has 0 aliphatic carbocycles. The van der Waals surface area contributed by atoms with Crippen molar-refractivity contribution < 1.29 is 4.79 Å². The standard InChI is InChI=1S/C19H28N2O/c22-18(21-14-6-1-2-7-15-21)19(10-12-20-13-11-19)16-17-8-4-3-5-9-17/h3-5,8-9,20H,1-2,6-7,10-16H2. The van der Waals surface area contributed by atoms with Crippen molar-refractivity contribution in [2.75, 3.05) is 26.2 Å². The van der Waals surface area contributed by atoms with Crippen LogP contribution >= 0.6 is 0 Å². The van der Waals surface area contributed by atoms with Crippen LogP contribution in [0.1, 0.15) is 44.1 Å². The minimum absolute atomic E-state index is 0.184. The largest absolute Gasteiger partial charge is 0.342 e. The highest BCUT2D eigenvalue weighted by Crippen LogP contribution is 2.35. The van der Waals surface area contributed by atoms with E-state index in [4.69, 9.17) is 0 Å². The zero-order valence-electron chi connectivity index (χ0n) is 13.5. The first-order valence-electron chi connectivity index (χ1n) is 8.84. The van der Waals surface area contributed by atoms with Crippen molar-refractivity contribution in [2.45, 2.75) is 44.9 Å². The highest BCUT2D eigenvalue weighted by molar-refractivity contribution is 5.83. The van der Waals surface area contributed by atoms with E-state index in [0.29, 0.717) is 5.91 Å². The van der Waals surface area contributed by atoms with Gasteiger partial charge in [0.2, 0.25) is 5.91 Å². The quantitative estimate of drug-likeness (QED) is 0.930. The van der Waals surface area contributed by atoms with E-state index >= 15 is 0 Å². The fraction of sp³-hybridized carbons (Fsp3) is 0.632. The average Bonchev–Trinajstić information content (AvgIpc) is 2.85. The summed E-state index contributed by atoms with van der Waals surface area (Å²) in [4.78, 5) is 15.5. The Hall–Kier alpha value is -1.35. The maximum atomic E-state index is 13.3. The first kappa shape index (κ1) is 15.5. The Balaban J connectivity index is 1.80. The Kier molecular flexibility index (Phi) is 5.14. The van der Waals surface area contributed by atoms with Crippen molar-refractivity contribution in [2.24, 2.45) is 5.41 Å². The smallest absolute Gasteiger partial charge is 0.229 e. The van der Waals surface area contributed by atoms with E-state index in [0.717, 1.165) is 45.4 Å². The number of nitrogens with zero attached hydrogens (tertiary/aromatic N) is 1. The predicted molar refractivity (Wildman–Crippen MR) is 89.7 cm³/mol. The first-order chi connectivity index (χ1) is 10.8. The van der Waals surface area contributed by atoms with Gasteiger partial charge in [0, 0.05) is 13.1 Å². The molecule has 0 aromatic heterocycles. The molecule has 2 fully saturated rings. The maximum Gasteiger partial charge on any atom is 0.229 e. The second kappa shape index (κ2) is 7.28. The fourth-order valence-electron chi connectivity index (χ4n) is 3.97. The highest BCUT2D eigenvalue weighted by Gasteiger charge is 2.41. The molecule has 1 aromatic carbocycles. The third-order valence-corrected chi connectivity index (χ3v) is 5.29. The van der Waals surface area contributed by atoms with Crippen LogP contribution in [-0.4, -0.2) is 37.0 Å². The molecule has 0 radical (unpaired) electrons. The van der Waals surface area contributed by atoms with E-state index in [1.54, 1.807) is 0 Å². The van der Waals surface area contributed by atoms with Gasteiger partial charge in [-0.1, -0.05) is 43.2 Å². The van der Waals surface area contributed by atoms with Gasteiger partial charge in [0.05, 0.1) is 5.41 Å². The van der Waals surface area contributed by atoms with E-state index in [2.05, 4.69) is 40.5 Å². The van der Waals surface area contributed by atoms with Crippen LogP contribution in [0.2, 0.25) is 0 Å². The second-order valence-electron chi connectivity index (χ2n) is 6.90. The van der Waals surface area contributed by atoms with Crippen LogP contribution in [0.15, 0.2) is 30.3 Å². The van der Waals surface area contributed by atoms with Crippen molar-refractivity contribution in [3.63, 3.8) is 0 Å². The molecular formula is C19H28N2O. The lowest BCUT2D eigenvalue weighted by molar-refractivity contribution is -0.143. The summed E-state index contributed by atoms with van der Waals surface area (Å²) in [5.74, 6) is 0.416. The molecule has 0 saturated carbocycles. The number of hydrogen-bond acceptors (Lipinski definition) is 2. The number of likely N-dealkylation sites (tertiary alicyclic amines) is 1. The van der Waals surface area contributed by atoms with Gasteiger partial charge in [-0.15, -0.1) is 0 Å². The van der Waals surface area contributed by atoms with Crippen molar-refractivity contribution in [1.29, 1.82) is 0 Å². The zero-order valence-corrected chi connectivity index (χ0v) is 13.5. The lowest BCUT2D eigenvalue weighted by atomic mass is 9.73. The fourth-order valence-corrected chi connectivity index (χ4v) is 3.97. The Morgan fingerprint density at radius 1 is 1.00 bits per heavy atom. The van der Waals surface area contributed by atoms with E-state index < -0.39 is 0 Å². The summed E-state index contributed by atoms with van der Waals surface area (Å²) in [6, 6.07) is 10.6. The number of piperidine rings is 1. The van der Waals surface area contributed by atoms with Gasteiger partial charge in [0.1, 0.15) is 0 Å². The van der Waals surface area contributed by atoms with Gasteiger partial charge >= 0.3 is 0 Å². The van der Waals surface area contributed by atoms with Gasteiger partial charge in [-0.2, -0.15) is 0 Å². The first-order valence-corrected chi connectivity index (χ1v) is 8.84. The minimum atomic E-state index is -0.184. The lowest BCUT2D eigenvalue weighted by Crippen LogP contribution is -2.50. The van der Waals surface area contributed by atoms with E-state index in [-0.39, 0.29) is 5.41 Å². The molecule has 120 valence electrons. The molecule has 0 unspecified atom stereocenters. The summed E-state index contributed by atoms with van der Waals surface area (Å²) in [5, 5.41) is 3.42. The molecule has 3 heteroatoms. The van der Waals surface area contributed by atoms with Crippen molar-refractivity contribution in [3.8, 4) is 0 Å². The monoisotopic (exact) mass is 300 g/mol. The molecule has 3 rings (SSSR count). The summed E-state index contributed by atoms with van der Waals surface area (Å²) in [6.45, 7) is 3.85. The van der Waals surface area contributed by atoms with Crippen LogP contribution in [0.25, 0.3) is 0 Å². The molecule has 0 bridgehead atoms. The van der Waals surface area contributed by atoms with Crippen LogP contribution in [0.3, 0.4) is 0 Å². The van der Waals surface area contributed by atoms with Crippen molar-refractivity contribution in [3.05, 3.63) is 35.9 Å². The molecule has 2 saturated heterocycles. The van der Waals surface area contributed by atoms with Gasteiger partial charge in [-0.05, 0) is 50.8 Å². The minimum Gasteiger partial charge on any atom is -0.342 e. The highest BCUT2D eigenvalue weighted by atomic mass is 16.2. The SMILES string of the molecule is O=C(N1CCCCCC1)C1(Cc2ccccc2)CCNCC1. The summed E-state index contributed by atoms with van der Waals surface area (Å²) in [7, 11) is 0. The molecule has 1 aromatic rings. The zero-order chi connectivity index (χ0) is 15.3. The molecule has 3 nitrogen and oxygen atoms in total. The second-order valence-corrected chi connectivity index (χ2v) is 6.90. The number of benzene rings is 1. The van der Waals surface area contributed by atoms with Crippen LogP contribution in [0.4, 0.5) is 0 Å². The van der Waals surface area contributed by atoms with Crippen molar-refractivity contribution in [1.82, 2.24) is 10.2 Å². The Morgan fingerprint density at radius 3 is 2.27 bits per heavy atom. The molecule has 2 aliphatic rings. The van der Waals surface area contributed by atoms with E-state index in [9.17, 15) is 4.79 Å². The Labute approximate surface area is 134 Å². The summed E-state index contributed by atoms with van der Waals surface area (Å²) in [6.07, 6.45) is 7.73. The van der Waals surface area contributed by atoms with Crippen LogP contribution in [-0.2, 0) is 11.2 Å². The molecule has 1 N–H and O–H groups in total. The van der Waals surface area contributed by atoms with E-state index in [1.165, 1.54) is 31.2 Å².